The van der Waals surface area contributed by atoms with Crippen molar-refractivity contribution < 1.29 is 27.0 Å². The van der Waals surface area contributed by atoms with Crippen LogP contribution < -0.4 is 20.6 Å². The van der Waals surface area contributed by atoms with Crippen molar-refractivity contribution >= 4 is 63.3 Å². The minimum absolute atomic E-state index is 0.0209. The van der Waals surface area contributed by atoms with Crippen molar-refractivity contribution in [3.05, 3.63) is 137 Å². The second kappa shape index (κ2) is 20.1. The molecule has 0 bridgehead atoms. The lowest BCUT2D eigenvalue weighted by Crippen LogP contribution is -2.46. The van der Waals surface area contributed by atoms with E-state index in [1.165, 1.54) is 17.2 Å². The van der Waals surface area contributed by atoms with E-state index in [0.29, 0.717) is 42.2 Å². The topological polar surface area (TPSA) is 121 Å². The number of amides is 1. The minimum Gasteiger partial charge on any atom is -0.380 e. The molecule has 5 aromatic rings. The fraction of sp³-hybridized carbons (Fsp3) is 0.340. The van der Waals surface area contributed by atoms with Gasteiger partial charge in [0.25, 0.3) is 5.91 Å². The third-order valence-electron chi connectivity index (χ3n) is 11.7. The highest BCUT2D eigenvalue weighted by Gasteiger charge is 2.37. The molecule has 3 aliphatic heterocycles. The van der Waals surface area contributed by atoms with Crippen molar-refractivity contribution in [3.8, 4) is 11.1 Å². The highest BCUT2D eigenvalue weighted by Crippen LogP contribution is 2.47. The Bertz CT molecular complexity index is 2480. The van der Waals surface area contributed by atoms with Gasteiger partial charge >= 0.3 is 7.52 Å². The Morgan fingerprint density at radius 2 is 1.55 bits per heavy atom. The highest BCUT2D eigenvalue weighted by molar-refractivity contribution is 7.99. The zero-order valence-corrected chi connectivity index (χ0v) is 38.2. The Kier molecular flexibility index (Phi) is 14.4. The van der Waals surface area contributed by atoms with Crippen LogP contribution in [0.5, 0.6) is 0 Å². The molecule has 2 saturated heterocycles. The van der Waals surface area contributed by atoms with Crippen molar-refractivity contribution in [2.45, 2.75) is 35.2 Å². The monoisotopic (exact) mass is 913 g/mol. The van der Waals surface area contributed by atoms with Gasteiger partial charge in [-0.2, -0.15) is 0 Å². The van der Waals surface area contributed by atoms with Gasteiger partial charge in [-0.3, -0.25) is 24.2 Å². The molecule has 0 aromatic heterocycles. The molecule has 11 nitrogen and oxygen atoms in total. The summed E-state index contributed by atoms with van der Waals surface area (Å²) in [5.74, 6) is 0.156. The van der Waals surface area contributed by atoms with E-state index in [2.05, 4.69) is 73.6 Å². The zero-order valence-electron chi connectivity index (χ0n) is 34.9. The van der Waals surface area contributed by atoms with Crippen LogP contribution in [-0.4, -0.2) is 108 Å². The Morgan fingerprint density at radius 1 is 0.839 bits per heavy atom. The molecule has 2 atom stereocenters. The number of hydrogen-bond acceptors (Lipinski definition) is 11. The second-order valence-electron chi connectivity index (χ2n) is 16.0. The first-order chi connectivity index (χ1) is 30.0. The zero-order chi connectivity index (χ0) is 43.1. The molecular formula is C47H53ClN5O6PS2. The van der Waals surface area contributed by atoms with E-state index in [1.807, 2.05) is 42.5 Å². The van der Waals surface area contributed by atoms with Crippen LogP contribution in [0.25, 0.3) is 11.1 Å². The number of halogens is 1. The standard InChI is InChI=1S/C47H53ClN5O6PS2/c1-62(56,57)46-32-45-37(31-44(46)49-40(19-21-51-26-29-58-30-27-51)34-61-42-8-3-2-4-9-42)20-28-59-60(45,55)50-47(54)36-13-17-41(18-14-36)53-24-22-52(23-25-53)33-38-7-5-6-10-43(38)35-11-15-39(48)16-12-35/h2-18,31-32,40,49H,19-30,33-34H2,1H3,(H,50,54,55)/t40-,60?/m1/s1. The van der Waals surface area contributed by atoms with Gasteiger partial charge in [-0.15, -0.1) is 11.8 Å². The number of morpholine rings is 1. The van der Waals surface area contributed by atoms with Crippen LogP contribution in [0, 0.1) is 0 Å². The number of benzene rings is 5. The highest BCUT2D eigenvalue weighted by atomic mass is 35.5. The van der Waals surface area contributed by atoms with Gasteiger partial charge < -0.3 is 19.5 Å². The Morgan fingerprint density at radius 3 is 2.27 bits per heavy atom. The maximum Gasteiger partial charge on any atom is 0.326 e. The van der Waals surface area contributed by atoms with E-state index < -0.39 is 23.3 Å². The molecule has 2 N–H and O–H groups in total. The van der Waals surface area contributed by atoms with E-state index in [0.717, 1.165) is 86.2 Å². The quantitative estimate of drug-likeness (QED) is 0.0790. The first-order valence-corrected chi connectivity index (χ1v) is 26.0. The lowest BCUT2D eigenvalue weighted by molar-refractivity contribution is 0.0370. The van der Waals surface area contributed by atoms with Gasteiger partial charge in [0.2, 0.25) is 0 Å². The van der Waals surface area contributed by atoms with Crippen LogP contribution in [0.3, 0.4) is 0 Å². The number of anilines is 2. The molecule has 5 aromatic carbocycles. The molecule has 3 heterocycles. The van der Waals surface area contributed by atoms with Crippen molar-refractivity contribution in [3.63, 3.8) is 0 Å². The molecular weight excluding hydrogens is 861 g/mol. The van der Waals surface area contributed by atoms with Gasteiger partial charge in [-0.05, 0) is 95.8 Å². The average molecular weight is 915 g/mol. The number of carbonyl (C=O) groups excluding carboxylic acids is 1. The average Bonchev–Trinajstić information content (AvgIpc) is 3.28. The lowest BCUT2D eigenvalue weighted by atomic mass is 9.99. The van der Waals surface area contributed by atoms with Crippen molar-refractivity contribution in [1.29, 1.82) is 0 Å². The van der Waals surface area contributed by atoms with E-state index in [1.54, 1.807) is 30.0 Å². The molecule has 15 heteroatoms. The summed E-state index contributed by atoms with van der Waals surface area (Å²) in [4.78, 5) is 22.0. The number of hydrogen-bond donors (Lipinski definition) is 2. The molecule has 326 valence electrons. The van der Waals surface area contributed by atoms with Crippen LogP contribution >= 0.6 is 30.9 Å². The largest absolute Gasteiger partial charge is 0.380 e. The predicted molar refractivity (Wildman–Crippen MR) is 251 cm³/mol. The van der Waals surface area contributed by atoms with Gasteiger partial charge in [0.05, 0.1) is 35.7 Å². The van der Waals surface area contributed by atoms with Gasteiger partial charge in [0.1, 0.15) is 0 Å². The van der Waals surface area contributed by atoms with Gasteiger partial charge in [0, 0.05) is 91.6 Å². The fourth-order valence-corrected chi connectivity index (χ4v) is 12.2. The molecule has 0 spiro atoms. The van der Waals surface area contributed by atoms with Gasteiger partial charge in [0.15, 0.2) is 9.84 Å². The molecule has 8 rings (SSSR count). The number of piperazine rings is 1. The SMILES string of the molecule is CS(=O)(=O)c1cc2c(cc1N[C@H](CCN1CCOCC1)CSc1ccccc1)CCOP2(=O)NC(=O)c1ccc(N2CCN(Cc3ccccc3-c3ccc(Cl)cc3)CC2)cc1. The molecule has 0 saturated carbocycles. The van der Waals surface area contributed by atoms with Crippen LogP contribution in [0.2, 0.25) is 5.02 Å². The fourth-order valence-electron chi connectivity index (χ4n) is 8.24. The van der Waals surface area contributed by atoms with E-state index >= 15 is 0 Å². The number of thioether (sulfide) groups is 1. The summed E-state index contributed by atoms with van der Waals surface area (Å²) in [5, 5.41) is 7.18. The molecule has 1 unspecified atom stereocenters. The van der Waals surface area contributed by atoms with Crippen molar-refractivity contribution in [2.75, 3.05) is 87.9 Å². The van der Waals surface area contributed by atoms with Crippen molar-refractivity contribution in [2.24, 2.45) is 0 Å². The van der Waals surface area contributed by atoms with E-state index in [4.69, 9.17) is 20.9 Å². The second-order valence-corrected chi connectivity index (χ2v) is 21.6. The Labute approximate surface area is 374 Å². The summed E-state index contributed by atoms with van der Waals surface area (Å²) in [6.07, 6.45) is 2.35. The Hall–Kier alpha value is -4.17. The third kappa shape index (κ3) is 11.1. The molecule has 3 aliphatic rings. The van der Waals surface area contributed by atoms with Gasteiger partial charge in [-0.1, -0.05) is 66.2 Å². The maximum atomic E-state index is 14.6. The Balaban J connectivity index is 0.929. The number of carbonyl (C=O) groups is 1. The smallest absolute Gasteiger partial charge is 0.326 e. The number of sulfone groups is 1. The van der Waals surface area contributed by atoms with Crippen LogP contribution in [0.4, 0.5) is 11.4 Å². The third-order valence-corrected chi connectivity index (χ3v) is 16.3. The first kappa shape index (κ1) is 44.4. The lowest BCUT2D eigenvalue weighted by Gasteiger charge is -2.36. The van der Waals surface area contributed by atoms with Crippen LogP contribution in [-0.2, 0) is 36.6 Å². The van der Waals surface area contributed by atoms with Crippen LogP contribution in [0.15, 0.2) is 125 Å². The van der Waals surface area contributed by atoms with E-state index in [-0.39, 0.29) is 22.8 Å². The predicted octanol–water partition coefficient (Wildman–Crippen LogP) is 7.85. The summed E-state index contributed by atoms with van der Waals surface area (Å²) in [7, 11) is -7.79. The summed E-state index contributed by atoms with van der Waals surface area (Å²) in [5.41, 5.74) is 6.09. The summed E-state index contributed by atoms with van der Waals surface area (Å²) in [6.45, 7) is 8.33. The van der Waals surface area contributed by atoms with Gasteiger partial charge in [-0.25, -0.2) is 8.42 Å². The number of fused-ring (bicyclic) bond motifs is 1. The molecule has 2 fully saturated rings. The summed E-state index contributed by atoms with van der Waals surface area (Å²) >= 11 is 7.86. The van der Waals surface area contributed by atoms with E-state index in [9.17, 15) is 17.8 Å². The maximum absolute atomic E-state index is 14.6. The van der Waals surface area contributed by atoms with Crippen LogP contribution in [0.1, 0.15) is 27.9 Å². The molecule has 62 heavy (non-hydrogen) atoms. The van der Waals surface area contributed by atoms with Crippen molar-refractivity contribution in [1.82, 2.24) is 14.9 Å². The number of rotatable bonds is 15. The summed E-state index contributed by atoms with van der Waals surface area (Å²) < 4.78 is 52.8. The minimum atomic E-state index is -4.00. The number of nitrogens with one attached hydrogen (secondary N) is 2. The molecule has 1 amide bonds. The molecule has 0 radical (unpaired) electrons. The summed E-state index contributed by atoms with van der Waals surface area (Å²) in [6, 6.07) is 37.0. The number of nitrogens with zero attached hydrogens (tertiary/aromatic N) is 3. The first-order valence-electron chi connectivity index (χ1n) is 21.1. The number of ether oxygens (including phenoxy) is 1. The molecule has 0 aliphatic carbocycles. The normalized spacial score (nSPS) is 19.1.